The van der Waals surface area contributed by atoms with Crippen LogP contribution >= 0.6 is 11.8 Å². The molecule has 1 saturated heterocycles. The SMILES string of the molecule is C(#CCN1c2ccncc2Sc2ncccc21)CN1CCN(c2ccccc2)CC1. The quantitative estimate of drug-likeness (QED) is 0.606. The van der Waals surface area contributed by atoms with Crippen molar-refractivity contribution in [2.75, 3.05) is 49.1 Å². The lowest BCUT2D eigenvalue weighted by Gasteiger charge is -2.35. The number of hydrogen-bond acceptors (Lipinski definition) is 6. The molecule has 0 bridgehead atoms. The predicted octanol–water partition coefficient (Wildman–Crippen LogP) is 3.90. The first-order valence-electron chi connectivity index (χ1n) is 10.2. The van der Waals surface area contributed by atoms with Crippen molar-refractivity contribution in [3.8, 4) is 11.8 Å². The van der Waals surface area contributed by atoms with Crippen molar-refractivity contribution in [1.29, 1.82) is 0 Å². The Bertz CT molecular complexity index is 1020. The molecular weight excluding hydrogens is 390 g/mol. The van der Waals surface area contributed by atoms with Crippen molar-refractivity contribution in [3.05, 3.63) is 67.1 Å². The Labute approximate surface area is 181 Å². The maximum atomic E-state index is 4.53. The molecule has 150 valence electrons. The summed E-state index contributed by atoms with van der Waals surface area (Å²) in [5, 5.41) is 1.01. The molecule has 0 spiro atoms. The molecule has 0 N–H and O–H groups in total. The number of benzene rings is 1. The minimum Gasteiger partial charge on any atom is -0.369 e. The fraction of sp³-hybridized carbons (Fsp3) is 0.250. The molecule has 3 aromatic rings. The first-order chi connectivity index (χ1) is 14.9. The Balaban J connectivity index is 1.21. The smallest absolute Gasteiger partial charge is 0.125 e. The Morgan fingerprint density at radius 1 is 0.833 bits per heavy atom. The number of piperazine rings is 1. The summed E-state index contributed by atoms with van der Waals surface area (Å²) in [5.41, 5.74) is 3.58. The number of aromatic nitrogens is 2. The molecule has 4 heterocycles. The Hall–Kier alpha value is -3.01. The lowest BCUT2D eigenvalue weighted by Crippen LogP contribution is -2.46. The van der Waals surface area contributed by atoms with Crippen LogP contribution < -0.4 is 9.80 Å². The van der Waals surface area contributed by atoms with Crippen LogP contribution in [0.25, 0.3) is 0 Å². The largest absolute Gasteiger partial charge is 0.369 e. The van der Waals surface area contributed by atoms with Crippen molar-refractivity contribution in [2.24, 2.45) is 0 Å². The van der Waals surface area contributed by atoms with E-state index < -0.39 is 0 Å². The van der Waals surface area contributed by atoms with E-state index in [4.69, 9.17) is 0 Å². The number of rotatable bonds is 3. The van der Waals surface area contributed by atoms with Gasteiger partial charge in [-0.05, 0) is 30.3 Å². The second-order valence-corrected chi connectivity index (χ2v) is 8.34. The zero-order chi connectivity index (χ0) is 20.2. The van der Waals surface area contributed by atoms with Crippen molar-refractivity contribution < 1.29 is 0 Å². The summed E-state index contributed by atoms with van der Waals surface area (Å²) in [7, 11) is 0. The highest BCUT2D eigenvalue weighted by atomic mass is 32.2. The van der Waals surface area contributed by atoms with E-state index in [9.17, 15) is 0 Å². The van der Waals surface area contributed by atoms with Crippen LogP contribution in [0.2, 0.25) is 0 Å². The van der Waals surface area contributed by atoms with Crippen LogP contribution in [-0.4, -0.2) is 54.1 Å². The van der Waals surface area contributed by atoms with Gasteiger partial charge in [0.25, 0.3) is 0 Å². The highest BCUT2D eigenvalue weighted by molar-refractivity contribution is 7.99. The Kier molecular flexibility index (Phi) is 5.56. The molecule has 0 atom stereocenters. The van der Waals surface area contributed by atoms with E-state index in [2.05, 4.69) is 79.0 Å². The normalized spacial score (nSPS) is 15.7. The molecule has 5 rings (SSSR count). The summed E-state index contributed by atoms with van der Waals surface area (Å²) in [6.07, 6.45) is 5.59. The van der Waals surface area contributed by atoms with Gasteiger partial charge in [0.2, 0.25) is 0 Å². The number of fused-ring (bicyclic) bond motifs is 2. The van der Waals surface area contributed by atoms with E-state index in [-0.39, 0.29) is 0 Å². The maximum absolute atomic E-state index is 4.53. The third-order valence-corrected chi connectivity index (χ3v) is 6.50. The number of para-hydroxylation sites is 1. The van der Waals surface area contributed by atoms with Gasteiger partial charge in [-0.3, -0.25) is 9.88 Å². The van der Waals surface area contributed by atoms with Crippen LogP contribution in [0.4, 0.5) is 17.1 Å². The van der Waals surface area contributed by atoms with Crippen LogP contribution in [0.15, 0.2) is 77.0 Å². The van der Waals surface area contributed by atoms with Crippen LogP contribution in [0.5, 0.6) is 0 Å². The second-order valence-electron chi connectivity index (χ2n) is 7.31. The molecule has 2 aromatic heterocycles. The zero-order valence-electron chi connectivity index (χ0n) is 16.7. The van der Waals surface area contributed by atoms with Gasteiger partial charge in [0, 0.05) is 50.5 Å². The topological polar surface area (TPSA) is 35.5 Å². The first-order valence-corrected chi connectivity index (χ1v) is 11.0. The fourth-order valence-electron chi connectivity index (χ4n) is 3.85. The van der Waals surface area contributed by atoms with E-state index in [1.807, 2.05) is 24.7 Å². The van der Waals surface area contributed by atoms with Gasteiger partial charge < -0.3 is 9.80 Å². The van der Waals surface area contributed by atoms with Gasteiger partial charge in [-0.15, -0.1) is 0 Å². The summed E-state index contributed by atoms with van der Waals surface area (Å²) < 4.78 is 0. The van der Waals surface area contributed by atoms with Gasteiger partial charge in [0.15, 0.2) is 0 Å². The fourth-order valence-corrected chi connectivity index (χ4v) is 4.85. The van der Waals surface area contributed by atoms with Gasteiger partial charge in [-0.25, -0.2) is 4.98 Å². The Morgan fingerprint density at radius 3 is 2.53 bits per heavy atom. The van der Waals surface area contributed by atoms with Gasteiger partial charge >= 0.3 is 0 Å². The molecule has 1 fully saturated rings. The lowest BCUT2D eigenvalue weighted by atomic mass is 10.2. The lowest BCUT2D eigenvalue weighted by molar-refractivity contribution is 0.288. The first kappa shape index (κ1) is 19.0. The standard InChI is InChI=1S/C24H23N5S/c1-2-7-20(8-3-1)28-17-15-27(16-18-28)13-4-5-14-29-21-10-12-25-19-23(21)30-24-22(29)9-6-11-26-24/h1-3,6-12,19H,13-18H2. The molecule has 0 saturated carbocycles. The minimum atomic E-state index is 0.653. The monoisotopic (exact) mass is 413 g/mol. The van der Waals surface area contributed by atoms with E-state index in [0.717, 1.165) is 54.0 Å². The maximum Gasteiger partial charge on any atom is 0.125 e. The number of anilines is 3. The third-order valence-electron chi connectivity index (χ3n) is 5.46. The van der Waals surface area contributed by atoms with Crippen molar-refractivity contribution in [3.63, 3.8) is 0 Å². The molecule has 2 aliphatic rings. The summed E-state index contributed by atoms with van der Waals surface area (Å²) >= 11 is 1.67. The molecule has 30 heavy (non-hydrogen) atoms. The number of nitrogens with zero attached hydrogens (tertiary/aromatic N) is 5. The summed E-state index contributed by atoms with van der Waals surface area (Å²) in [6, 6.07) is 16.8. The van der Waals surface area contributed by atoms with Crippen molar-refractivity contribution in [2.45, 2.75) is 9.92 Å². The molecule has 0 amide bonds. The predicted molar refractivity (Wildman–Crippen MR) is 122 cm³/mol. The summed E-state index contributed by atoms with van der Waals surface area (Å²) in [5.74, 6) is 6.78. The third kappa shape index (κ3) is 4.00. The van der Waals surface area contributed by atoms with Crippen LogP contribution in [0, 0.1) is 11.8 Å². The molecule has 6 heteroatoms. The zero-order valence-corrected chi connectivity index (χ0v) is 17.6. The molecular formula is C24H23N5S. The molecule has 2 aliphatic heterocycles. The van der Waals surface area contributed by atoms with E-state index in [1.54, 1.807) is 11.8 Å². The molecule has 5 nitrogen and oxygen atoms in total. The van der Waals surface area contributed by atoms with E-state index in [1.165, 1.54) is 5.69 Å². The van der Waals surface area contributed by atoms with Gasteiger partial charge in [-0.1, -0.05) is 41.8 Å². The van der Waals surface area contributed by atoms with Crippen LogP contribution in [-0.2, 0) is 0 Å². The van der Waals surface area contributed by atoms with Crippen LogP contribution in [0.1, 0.15) is 0 Å². The number of hydrogen-bond donors (Lipinski definition) is 0. The molecule has 0 unspecified atom stereocenters. The molecule has 1 aromatic carbocycles. The van der Waals surface area contributed by atoms with Crippen molar-refractivity contribution >= 4 is 28.8 Å². The van der Waals surface area contributed by atoms with Gasteiger partial charge in [0.05, 0.1) is 29.4 Å². The molecule has 0 aliphatic carbocycles. The summed E-state index contributed by atoms with van der Waals surface area (Å²) in [4.78, 5) is 17.1. The number of pyridine rings is 2. The average Bonchev–Trinajstić information content (AvgIpc) is 2.82. The van der Waals surface area contributed by atoms with E-state index in [0.29, 0.717) is 6.54 Å². The second kappa shape index (κ2) is 8.78. The van der Waals surface area contributed by atoms with Gasteiger partial charge in [0.1, 0.15) is 5.03 Å². The highest BCUT2D eigenvalue weighted by Crippen LogP contribution is 2.46. The minimum absolute atomic E-state index is 0.653. The van der Waals surface area contributed by atoms with Crippen molar-refractivity contribution in [1.82, 2.24) is 14.9 Å². The summed E-state index contributed by atoms with van der Waals surface area (Å²) in [6.45, 7) is 5.66. The molecule has 0 radical (unpaired) electrons. The van der Waals surface area contributed by atoms with Gasteiger partial charge in [-0.2, -0.15) is 0 Å². The van der Waals surface area contributed by atoms with Crippen LogP contribution in [0.3, 0.4) is 0 Å². The average molecular weight is 414 g/mol. The highest BCUT2D eigenvalue weighted by Gasteiger charge is 2.23. The van der Waals surface area contributed by atoms with E-state index >= 15 is 0 Å². The Morgan fingerprint density at radius 2 is 1.67 bits per heavy atom.